The van der Waals surface area contributed by atoms with Gasteiger partial charge in [-0.1, -0.05) is 47.5 Å². The highest BCUT2D eigenvalue weighted by atomic mass is 79.9. The number of rotatable bonds is 7. The van der Waals surface area contributed by atoms with Crippen molar-refractivity contribution in [2.45, 2.75) is 26.2 Å². The van der Waals surface area contributed by atoms with Gasteiger partial charge in [0.15, 0.2) is 11.6 Å². The van der Waals surface area contributed by atoms with Crippen LogP contribution in [0.3, 0.4) is 0 Å². The molecule has 0 unspecified atom stereocenters. The molecule has 0 atom stereocenters. The molecule has 3 rings (SSSR count). The summed E-state index contributed by atoms with van der Waals surface area (Å²) in [6.07, 6.45) is 5.00. The minimum atomic E-state index is 0.475. The third-order valence-corrected chi connectivity index (χ3v) is 4.50. The van der Waals surface area contributed by atoms with E-state index >= 15 is 0 Å². The second-order valence-electron chi connectivity index (χ2n) is 6.05. The van der Waals surface area contributed by atoms with Crippen LogP contribution in [0.15, 0.2) is 59.3 Å². The number of hydrogen-bond donors (Lipinski definition) is 3. The van der Waals surface area contributed by atoms with Gasteiger partial charge in [-0.15, -0.1) is 0 Å². The van der Waals surface area contributed by atoms with Crippen LogP contribution in [0.5, 0.6) is 0 Å². The molecule has 6 heteroatoms. The zero-order chi connectivity index (χ0) is 18.4. The van der Waals surface area contributed by atoms with Crippen LogP contribution in [0.2, 0.25) is 0 Å². The number of hydrogen-bond acceptors (Lipinski definition) is 5. The van der Waals surface area contributed by atoms with Crippen LogP contribution in [-0.2, 0) is 6.42 Å². The Morgan fingerprint density at radius 1 is 0.962 bits per heavy atom. The van der Waals surface area contributed by atoms with E-state index in [4.69, 9.17) is 5.73 Å². The quantitative estimate of drug-likeness (QED) is 0.468. The van der Waals surface area contributed by atoms with Crippen molar-refractivity contribution in [3.8, 4) is 0 Å². The number of aryl methyl sites for hydroxylation is 1. The molecule has 0 aliphatic rings. The van der Waals surface area contributed by atoms with Crippen LogP contribution in [0.25, 0.3) is 0 Å². The van der Waals surface area contributed by atoms with Crippen molar-refractivity contribution in [2.75, 3.05) is 16.4 Å². The summed E-state index contributed by atoms with van der Waals surface area (Å²) in [6, 6.07) is 16.2. The predicted octanol–water partition coefficient (Wildman–Crippen LogP) is 5.65. The molecule has 0 amide bonds. The Hall–Kier alpha value is -2.60. The standard InChI is InChI=1S/C20H22BrN5/c1-2-3-5-14-8-10-16(11-9-14)25-19-18(22)20(24-13-23-19)26-17-7-4-6-15(21)12-17/h4,6-13H,2-3,5,22H2,1H3,(H2,23,24,25,26). The Bertz CT molecular complexity index is 864. The molecule has 0 bridgehead atoms. The van der Waals surface area contributed by atoms with Crippen molar-refractivity contribution in [3.05, 3.63) is 64.9 Å². The van der Waals surface area contributed by atoms with Gasteiger partial charge in [-0.05, 0) is 48.7 Å². The van der Waals surface area contributed by atoms with Gasteiger partial charge in [-0.2, -0.15) is 0 Å². The first-order valence-electron chi connectivity index (χ1n) is 8.64. The molecule has 4 N–H and O–H groups in total. The summed E-state index contributed by atoms with van der Waals surface area (Å²) in [5, 5.41) is 6.49. The van der Waals surface area contributed by atoms with Gasteiger partial charge in [0.25, 0.3) is 0 Å². The Morgan fingerprint density at radius 3 is 2.31 bits per heavy atom. The van der Waals surface area contributed by atoms with E-state index in [-0.39, 0.29) is 0 Å². The maximum Gasteiger partial charge on any atom is 0.159 e. The summed E-state index contributed by atoms with van der Waals surface area (Å²) in [5.74, 6) is 1.15. The lowest BCUT2D eigenvalue weighted by Crippen LogP contribution is -2.05. The van der Waals surface area contributed by atoms with Crippen LogP contribution >= 0.6 is 15.9 Å². The monoisotopic (exact) mass is 411 g/mol. The van der Waals surface area contributed by atoms with Gasteiger partial charge in [0, 0.05) is 15.8 Å². The zero-order valence-corrected chi connectivity index (χ0v) is 16.3. The molecule has 0 saturated carbocycles. The molecule has 26 heavy (non-hydrogen) atoms. The zero-order valence-electron chi connectivity index (χ0n) is 14.7. The summed E-state index contributed by atoms with van der Waals surface area (Å²) in [6.45, 7) is 2.20. The molecule has 0 aliphatic carbocycles. The topological polar surface area (TPSA) is 75.9 Å². The number of anilines is 5. The largest absolute Gasteiger partial charge is 0.393 e. The minimum absolute atomic E-state index is 0.475. The van der Waals surface area contributed by atoms with Crippen LogP contribution in [-0.4, -0.2) is 9.97 Å². The Morgan fingerprint density at radius 2 is 1.65 bits per heavy atom. The van der Waals surface area contributed by atoms with Gasteiger partial charge in [0.1, 0.15) is 12.0 Å². The van der Waals surface area contributed by atoms with E-state index in [1.54, 1.807) is 0 Å². The van der Waals surface area contributed by atoms with Crippen molar-refractivity contribution in [1.82, 2.24) is 9.97 Å². The first kappa shape index (κ1) is 18.2. The lowest BCUT2D eigenvalue weighted by Gasteiger charge is -2.13. The molecule has 1 heterocycles. The SMILES string of the molecule is CCCCc1ccc(Nc2ncnc(Nc3cccc(Br)c3)c2N)cc1. The van der Waals surface area contributed by atoms with Gasteiger partial charge in [0.05, 0.1) is 0 Å². The molecular formula is C20H22BrN5. The van der Waals surface area contributed by atoms with Crippen molar-refractivity contribution >= 4 is 44.6 Å². The van der Waals surface area contributed by atoms with Crippen LogP contribution in [0.4, 0.5) is 28.7 Å². The van der Waals surface area contributed by atoms with Crippen LogP contribution in [0.1, 0.15) is 25.3 Å². The number of nitrogens with one attached hydrogen (secondary N) is 2. The highest BCUT2D eigenvalue weighted by Crippen LogP contribution is 2.29. The molecule has 5 nitrogen and oxygen atoms in total. The number of nitrogens with two attached hydrogens (primary N) is 1. The maximum atomic E-state index is 6.25. The normalized spacial score (nSPS) is 10.5. The third kappa shape index (κ3) is 4.73. The average molecular weight is 412 g/mol. The number of nitrogen functional groups attached to an aromatic ring is 1. The number of benzene rings is 2. The maximum absolute atomic E-state index is 6.25. The number of aromatic nitrogens is 2. The molecular weight excluding hydrogens is 390 g/mol. The molecule has 3 aromatic rings. The number of nitrogens with zero attached hydrogens (tertiary/aromatic N) is 2. The van der Waals surface area contributed by atoms with E-state index in [2.05, 4.69) is 55.6 Å². The average Bonchev–Trinajstić information content (AvgIpc) is 2.64. The van der Waals surface area contributed by atoms with Gasteiger partial charge in [0.2, 0.25) is 0 Å². The summed E-state index contributed by atoms with van der Waals surface area (Å²) in [7, 11) is 0. The van der Waals surface area contributed by atoms with Gasteiger partial charge in [-0.3, -0.25) is 0 Å². The van der Waals surface area contributed by atoms with E-state index in [1.165, 1.54) is 24.7 Å². The van der Waals surface area contributed by atoms with E-state index in [0.29, 0.717) is 17.3 Å². The molecule has 0 radical (unpaired) electrons. The molecule has 0 fully saturated rings. The highest BCUT2D eigenvalue weighted by Gasteiger charge is 2.09. The van der Waals surface area contributed by atoms with E-state index in [1.807, 2.05) is 36.4 Å². The minimum Gasteiger partial charge on any atom is -0.393 e. The van der Waals surface area contributed by atoms with E-state index in [0.717, 1.165) is 22.3 Å². The fourth-order valence-corrected chi connectivity index (χ4v) is 2.97. The number of halogens is 1. The second kappa shape index (κ2) is 8.67. The summed E-state index contributed by atoms with van der Waals surface area (Å²) in [5.41, 5.74) is 9.91. The molecule has 2 aromatic carbocycles. The van der Waals surface area contributed by atoms with E-state index < -0.39 is 0 Å². The van der Waals surface area contributed by atoms with Crippen molar-refractivity contribution in [2.24, 2.45) is 0 Å². The second-order valence-corrected chi connectivity index (χ2v) is 6.96. The Kier molecular flexibility index (Phi) is 6.07. The summed E-state index contributed by atoms with van der Waals surface area (Å²) < 4.78 is 0.983. The first-order valence-corrected chi connectivity index (χ1v) is 9.44. The van der Waals surface area contributed by atoms with Gasteiger partial charge >= 0.3 is 0 Å². The number of unbranched alkanes of at least 4 members (excludes halogenated alkanes) is 1. The first-order chi connectivity index (χ1) is 12.7. The Labute approximate surface area is 162 Å². The van der Waals surface area contributed by atoms with Crippen molar-refractivity contribution in [3.63, 3.8) is 0 Å². The third-order valence-electron chi connectivity index (χ3n) is 4.01. The fraction of sp³-hybridized carbons (Fsp3) is 0.200. The molecule has 0 spiro atoms. The molecule has 0 aliphatic heterocycles. The molecule has 134 valence electrons. The fourth-order valence-electron chi connectivity index (χ4n) is 2.57. The van der Waals surface area contributed by atoms with Crippen molar-refractivity contribution < 1.29 is 0 Å². The predicted molar refractivity (Wildman–Crippen MR) is 112 cm³/mol. The van der Waals surface area contributed by atoms with E-state index in [9.17, 15) is 0 Å². The lowest BCUT2D eigenvalue weighted by atomic mass is 10.1. The lowest BCUT2D eigenvalue weighted by molar-refractivity contribution is 0.795. The van der Waals surface area contributed by atoms with Crippen molar-refractivity contribution in [1.29, 1.82) is 0 Å². The van der Waals surface area contributed by atoms with Gasteiger partial charge < -0.3 is 16.4 Å². The Balaban J connectivity index is 1.74. The van der Waals surface area contributed by atoms with Crippen LogP contribution in [0, 0.1) is 0 Å². The highest BCUT2D eigenvalue weighted by molar-refractivity contribution is 9.10. The molecule has 1 aromatic heterocycles. The van der Waals surface area contributed by atoms with Crippen LogP contribution < -0.4 is 16.4 Å². The summed E-state index contributed by atoms with van der Waals surface area (Å²) in [4.78, 5) is 8.52. The summed E-state index contributed by atoms with van der Waals surface area (Å²) >= 11 is 3.46. The van der Waals surface area contributed by atoms with Gasteiger partial charge in [-0.25, -0.2) is 9.97 Å². The smallest absolute Gasteiger partial charge is 0.159 e. The molecule has 0 saturated heterocycles.